The first kappa shape index (κ1) is 24.5. The molecule has 0 saturated carbocycles. The summed E-state index contributed by atoms with van der Waals surface area (Å²) in [7, 11) is -3.90. The van der Waals surface area contributed by atoms with Crippen molar-refractivity contribution in [2.24, 2.45) is 0 Å². The van der Waals surface area contributed by atoms with Gasteiger partial charge in [-0.3, -0.25) is 4.79 Å². The summed E-state index contributed by atoms with van der Waals surface area (Å²) in [6.07, 6.45) is 0. The number of carbonyl (C=O) groups is 1. The SMILES string of the molecule is Cc1ccc(S(=O)(=O)N(CC(=O)NC(C)c2cccc(Br)c2)Cc2ccc(Cl)cc2)cc1. The molecule has 0 bridgehead atoms. The molecule has 0 radical (unpaired) electrons. The van der Waals surface area contributed by atoms with Crippen molar-refractivity contribution in [3.63, 3.8) is 0 Å². The Labute approximate surface area is 202 Å². The molecule has 0 fully saturated rings. The molecule has 3 aromatic carbocycles. The Morgan fingerprint density at radius 3 is 2.34 bits per heavy atom. The number of carbonyl (C=O) groups excluding carboxylic acids is 1. The molecule has 0 aromatic heterocycles. The lowest BCUT2D eigenvalue weighted by atomic mass is 10.1. The molecule has 0 saturated heterocycles. The van der Waals surface area contributed by atoms with Gasteiger partial charge in [0.15, 0.2) is 0 Å². The van der Waals surface area contributed by atoms with E-state index in [0.29, 0.717) is 5.02 Å². The van der Waals surface area contributed by atoms with E-state index in [1.165, 1.54) is 4.31 Å². The Kier molecular flexibility index (Phi) is 8.11. The number of amides is 1. The van der Waals surface area contributed by atoms with Crippen molar-refractivity contribution in [3.8, 4) is 0 Å². The third kappa shape index (κ3) is 6.42. The number of benzene rings is 3. The highest BCUT2D eigenvalue weighted by Crippen LogP contribution is 2.21. The van der Waals surface area contributed by atoms with Crippen molar-refractivity contribution in [1.82, 2.24) is 9.62 Å². The predicted octanol–water partition coefficient (Wildman–Crippen LogP) is 5.48. The molecule has 8 heteroatoms. The quantitative estimate of drug-likeness (QED) is 0.415. The summed E-state index contributed by atoms with van der Waals surface area (Å²) in [6.45, 7) is 3.49. The van der Waals surface area contributed by atoms with Crippen molar-refractivity contribution < 1.29 is 13.2 Å². The van der Waals surface area contributed by atoms with Crippen LogP contribution in [-0.4, -0.2) is 25.2 Å². The smallest absolute Gasteiger partial charge is 0.243 e. The summed E-state index contributed by atoms with van der Waals surface area (Å²) >= 11 is 9.39. The zero-order chi connectivity index (χ0) is 23.3. The zero-order valence-electron chi connectivity index (χ0n) is 17.8. The molecule has 5 nitrogen and oxygen atoms in total. The molecule has 32 heavy (non-hydrogen) atoms. The van der Waals surface area contributed by atoms with Gasteiger partial charge >= 0.3 is 0 Å². The highest BCUT2D eigenvalue weighted by molar-refractivity contribution is 9.10. The van der Waals surface area contributed by atoms with Gasteiger partial charge in [-0.2, -0.15) is 4.31 Å². The molecule has 0 spiro atoms. The van der Waals surface area contributed by atoms with E-state index in [0.717, 1.165) is 21.2 Å². The second-order valence-electron chi connectivity index (χ2n) is 7.56. The van der Waals surface area contributed by atoms with Gasteiger partial charge in [-0.05, 0) is 61.4 Å². The summed E-state index contributed by atoms with van der Waals surface area (Å²) in [5.41, 5.74) is 2.60. The molecule has 0 aliphatic carbocycles. The fraction of sp³-hybridized carbons (Fsp3) is 0.208. The first-order valence-electron chi connectivity index (χ1n) is 10.0. The number of hydrogen-bond acceptors (Lipinski definition) is 3. The van der Waals surface area contributed by atoms with Gasteiger partial charge in [0.1, 0.15) is 0 Å². The van der Waals surface area contributed by atoms with Crippen LogP contribution in [0.5, 0.6) is 0 Å². The van der Waals surface area contributed by atoms with E-state index in [1.807, 2.05) is 38.1 Å². The van der Waals surface area contributed by atoms with Crippen LogP contribution < -0.4 is 5.32 Å². The molecule has 168 valence electrons. The number of aryl methyl sites for hydroxylation is 1. The van der Waals surface area contributed by atoms with E-state index in [2.05, 4.69) is 21.2 Å². The van der Waals surface area contributed by atoms with Gasteiger partial charge in [0.25, 0.3) is 0 Å². The minimum Gasteiger partial charge on any atom is -0.348 e. The van der Waals surface area contributed by atoms with Crippen LogP contribution in [0, 0.1) is 6.92 Å². The fourth-order valence-corrected chi connectivity index (χ4v) is 5.11. The molecule has 1 N–H and O–H groups in total. The van der Waals surface area contributed by atoms with Gasteiger partial charge in [0, 0.05) is 16.0 Å². The number of rotatable bonds is 8. The number of hydrogen-bond donors (Lipinski definition) is 1. The van der Waals surface area contributed by atoms with Crippen LogP contribution >= 0.6 is 27.5 Å². The summed E-state index contributed by atoms with van der Waals surface area (Å²) < 4.78 is 28.8. The lowest BCUT2D eigenvalue weighted by Crippen LogP contribution is -2.41. The van der Waals surface area contributed by atoms with Crippen LogP contribution in [0.15, 0.2) is 82.2 Å². The second kappa shape index (κ2) is 10.6. The summed E-state index contributed by atoms with van der Waals surface area (Å²) in [6, 6.07) is 20.8. The van der Waals surface area contributed by atoms with Gasteiger partial charge in [-0.1, -0.05) is 69.5 Å². The lowest BCUT2D eigenvalue weighted by molar-refractivity contribution is -0.122. The van der Waals surface area contributed by atoms with Crippen LogP contribution in [0.1, 0.15) is 29.7 Å². The highest BCUT2D eigenvalue weighted by atomic mass is 79.9. The van der Waals surface area contributed by atoms with Gasteiger partial charge in [0.05, 0.1) is 17.5 Å². The second-order valence-corrected chi connectivity index (χ2v) is 10.8. The molecule has 3 aromatic rings. The molecule has 0 aliphatic heterocycles. The highest BCUT2D eigenvalue weighted by Gasteiger charge is 2.27. The maximum absolute atomic E-state index is 13.4. The molecule has 0 aliphatic rings. The minimum atomic E-state index is -3.90. The number of nitrogens with zero attached hydrogens (tertiary/aromatic N) is 1. The summed E-state index contributed by atoms with van der Waals surface area (Å²) in [5.74, 6) is -0.387. The van der Waals surface area contributed by atoms with E-state index >= 15 is 0 Å². The summed E-state index contributed by atoms with van der Waals surface area (Å²) in [5, 5.41) is 3.45. The number of halogens is 2. The molecule has 1 amide bonds. The standard InChI is InChI=1S/C24H24BrClN2O3S/c1-17-6-12-23(13-7-17)32(30,31)28(15-19-8-10-22(26)11-9-19)16-24(29)27-18(2)20-4-3-5-21(25)14-20/h3-14,18H,15-16H2,1-2H3,(H,27,29). The average Bonchev–Trinajstić information content (AvgIpc) is 2.75. The molecule has 1 atom stereocenters. The van der Waals surface area contributed by atoms with Gasteiger partial charge in [-0.25, -0.2) is 8.42 Å². The normalized spacial score (nSPS) is 12.5. The zero-order valence-corrected chi connectivity index (χ0v) is 20.9. The van der Waals surface area contributed by atoms with Crippen molar-refractivity contribution in [2.75, 3.05) is 6.54 Å². The van der Waals surface area contributed by atoms with Crippen molar-refractivity contribution in [3.05, 3.63) is 99.0 Å². The van der Waals surface area contributed by atoms with Crippen molar-refractivity contribution >= 4 is 43.5 Å². The van der Waals surface area contributed by atoms with Crippen LogP contribution in [-0.2, 0) is 21.4 Å². The van der Waals surface area contributed by atoms with Gasteiger partial charge < -0.3 is 5.32 Å². The first-order chi connectivity index (χ1) is 15.1. The fourth-order valence-electron chi connectivity index (χ4n) is 3.19. The molecule has 3 rings (SSSR count). The molecular formula is C24H24BrClN2O3S. The van der Waals surface area contributed by atoms with Gasteiger partial charge in [0.2, 0.25) is 15.9 Å². The number of nitrogens with one attached hydrogen (secondary N) is 1. The van der Waals surface area contributed by atoms with Crippen molar-refractivity contribution in [2.45, 2.75) is 31.3 Å². The van der Waals surface area contributed by atoms with Gasteiger partial charge in [-0.15, -0.1) is 0 Å². The Bertz CT molecular complexity index is 1180. The first-order valence-corrected chi connectivity index (χ1v) is 12.6. The van der Waals surface area contributed by atoms with E-state index in [1.54, 1.807) is 48.5 Å². The molecule has 1 unspecified atom stereocenters. The van der Waals surface area contributed by atoms with Crippen LogP contribution in [0.25, 0.3) is 0 Å². The van der Waals surface area contributed by atoms with Crippen LogP contribution in [0.2, 0.25) is 5.02 Å². The lowest BCUT2D eigenvalue weighted by Gasteiger charge is -2.23. The monoisotopic (exact) mass is 534 g/mol. The molecular weight excluding hydrogens is 512 g/mol. The largest absolute Gasteiger partial charge is 0.348 e. The Balaban J connectivity index is 1.83. The summed E-state index contributed by atoms with van der Waals surface area (Å²) in [4.78, 5) is 13.0. The third-order valence-corrected chi connectivity index (χ3v) is 7.53. The third-order valence-electron chi connectivity index (χ3n) is 4.98. The molecule has 0 heterocycles. The predicted molar refractivity (Wildman–Crippen MR) is 131 cm³/mol. The maximum Gasteiger partial charge on any atom is 0.243 e. The topological polar surface area (TPSA) is 66.5 Å². The Hall–Kier alpha value is -2.19. The van der Waals surface area contributed by atoms with Crippen molar-refractivity contribution in [1.29, 1.82) is 0 Å². The van der Waals surface area contributed by atoms with Crippen LogP contribution in [0.4, 0.5) is 0 Å². The Morgan fingerprint density at radius 1 is 1.06 bits per heavy atom. The average molecular weight is 536 g/mol. The van der Waals surface area contributed by atoms with Crippen LogP contribution in [0.3, 0.4) is 0 Å². The minimum absolute atomic E-state index is 0.0477. The van der Waals surface area contributed by atoms with E-state index in [9.17, 15) is 13.2 Å². The van der Waals surface area contributed by atoms with E-state index in [4.69, 9.17) is 11.6 Å². The van der Waals surface area contributed by atoms with E-state index in [-0.39, 0.29) is 29.9 Å². The maximum atomic E-state index is 13.4. The van der Waals surface area contributed by atoms with E-state index < -0.39 is 10.0 Å². The Morgan fingerprint density at radius 2 is 1.72 bits per heavy atom. The number of sulfonamides is 1.